The molecule has 8 saturated carbocycles. The van der Waals surface area contributed by atoms with Gasteiger partial charge in [-0.05, 0) is 243 Å². The summed E-state index contributed by atoms with van der Waals surface area (Å²) in [4.78, 5) is 5.42. The minimum Gasteiger partial charge on any atom is -0.311 e. The normalized spacial score (nSPS) is 27.0. The van der Waals surface area contributed by atoms with Crippen LogP contribution in [-0.2, 0) is 32.5 Å². The second kappa shape index (κ2) is 17.3. The van der Waals surface area contributed by atoms with E-state index in [9.17, 15) is 0 Å². The van der Waals surface area contributed by atoms with Crippen LogP contribution in [0.15, 0.2) is 133 Å². The monoisotopic (exact) mass is 1080 g/mol. The first kappa shape index (κ1) is 51.6. The molecule has 0 unspecified atom stereocenters. The largest absolute Gasteiger partial charge is 0.311 e. The van der Waals surface area contributed by atoms with Gasteiger partial charge in [0, 0.05) is 44.9 Å². The Labute approximate surface area is 491 Å². The van der Waals surface area contributed by atoms with Gasteiger partial charge in [0.1, 0.15) is 0 Å². The summed E-state index contributed by atoms with van der Waals surface area (Å²) in [6.07, 6.45) is 16.7. The van der Waals surface area contributed by atoms with Gasteiger partial charge in [0.15, 0.2) is 0 Å². The number of para-hydroxylation sites is 2. The molecule has 82 heavy (non-hydrogen) atoms. The second-order valence-corrected chi connectivity index (χ2v) is 32.8. The van der Waals surface area contributed by atoms with E-state index >= 15 is 0 Å². The van der Waals surface area contributed by atoms with Crippen LogP contribution >= 0.6 is 0 Å². The number of rotatable bonds is 5. The summed E-state index contributed by atoms with van der Waals surface area (Å²) in [5.41, 5.74) is 25.3. The predicted molar refractivity (Wildman–Crippen MR) is 349 cm³/mol. The van der Waals surface area contributed by atoms with Crippen molar-refractivity contribution in [3.8, 4) is 5.69 Å². The Hall–Kier alpha value is -6.00. The highest BCUT2D eigenvalue weighted by molar-refractivity contribution is 7.00. The van der Waals surface area contributed by atoms with Crippen LogP contribution in [0.1, 0.15) is 194 Å². The smallest absolute Gasteiger partial charge is 0.252 e. The number of hydrogen-bond donors (Lipinski definition) is 0. The molecule has 1 aromatic heterocycles. The Kier molecular flexibility index (Phi) is 10.9. The van der Waals surface area contributed by atoms with E-state index in [0.29, 0.717) is 0 Å². The van der Waals surface area contributed by atoms with E-state index < -0.39 is 0 Å². The topological polar surface area (TPSA) is 11.4 Å². The van der Waals surface area contributed by atoms with E-state index in [1.165, 1.54) is 177 Å². The van der Waals surface area contributed by atoms with Crippen LogP contribution in [0.3, 0.4) is 0 Å². The Bertz CT molecular complexity index is 3610. The van der Waals surface area contributed by atoms with Gasteiger partial charge < -0.3 is 14.4 Å². The Morgan fingerprint density at radius 2 is 0.683 bits per heavy atom. The molecule has 8 aliphatic carbocycles. The lowest BCUT2D eigenvalue weighted by atomic mass is 9.33. The molecular weight excluding hydrogens is 990 g/mol. The maximum Gasteiger partial charge on any atom is 0.252 e. The van der Waals surface area contributed by atoms with Crippen molar-refractivity contribution in [3.63, 3.8) is 0 Å². The average Bonchev–Trinajstić information content (AvgIpc) is 1.25. The van der Waals surface area contributed by atoms with Crippen LogP contribution in [0.25, 0.3) is 27.5 Å². The number of aromatic nitrogens is 1. The van der Waals surface area contributed by atoms with E-state index in [0.717, 1.165) is 35.5 Å². The molecule has 18 rings (SSSR count). The van der Waals surface area contributed by atoms with Crippen molar-refractivity contribution in [2.24, 2.45) is 35.5 Å². The number of anilines is 6. The number of nitrogens with zero attached hydrogens (tertiary/aromatic N) is 3. The Morgan fingerprint density at radius 1 is 0.354 bits per heavy atom. The quantitative estimate of drug-likeness (QED) is 0.159. The van der Waals surface area contributed by atoms with Gasteiger partial charge in [0.05, 0.1) is 16.7 Å². The van der Waals surface area contributed by atoms with Crippen molar-refractivity contribution in [3.05, 3.63) is 167 Å². The summed E-state index contributed by atoms with van der Waals surface area (Å²) in [7, 11) is 0. The first-order valence-electron chi connectivity index (χ1n) is 32.4. The van der Waals surface area contributed by atoms with E-state index in [1.807, 2.05) is 0 Å². The highest BCUT2D eigenvalue weighted by atomic mass is 15.2. The molecule has 10 aliphatic rings. The van der Waals surface area contributed by atoms with Crippen molar-refractivity contribution in [2.75, 3.05) is 9.80 Å². The Balaban J connectivity index is 1.05. The van der Waals surface area contributed by atoms with Gasteiger partial charge in [-0.15, -0.1) is 0 Å². The van der Waals surface area contributed by atoms with E-state index in [-0.39, 0.29) is 39.2 Å². The van der Waals surface area contributed by atoms with Crippen molar-refractivity contribution in [2.45, 2.75) is 193 Å². The van der Waals surface area contributed by atoms with Crippen LogP contribution in [0, 0.1) is 35.5 Å². The minimum atomic E-state index is -0.0356. The van der Waals surface area contributed by atoms with Gasteiger partial charge in [-0.25, -0.2) is 0 Å². The molecule has 0 spiro atoms. The predicted octanol–water partition coefficient (Wildman–Crippen LogP) is 19.0. The zero-order valence-corrected chi connectivity index (χ0v) is 51.6. The fourth-order valence-electron chi connectivity index (χ4n) is 19.9. The molecule has 0 N–H and O–H groups in total. The third-order valence-electron chi connectivity index (χ3n) is 23.1. The lowest BCUT2D eigenvalue weighted by Crippen LogP contribution is -2.61. The molecule has 3 nitrogen and oxygen atoms in total. The lowest BCUT2D eigenvalue weighted by Gasteiger charge is -2.57. The van der Waals surface area contributed by atoms with Gasteiger partial charge in [-0.3, -0.25) is 0 Å². The summed E-state index contributed by atoms with van der Waals surface area (Å²) in [5, 5.41) is 2.92. The molecule has 0 atom stereocenters. The highest BCUT2D eigenvalue weighted by Crippen LogP contribution is 2.64. The van der Waals surface area contributed by atoms with Gasteiger partial charge >= 0.3 is 0 Å². The average molecular weight is 1080 g/mol. The summed E-state index contributed by atoms with van der Waals surface area (Å²) < 4.78 is 2.95. The molecule has 8 bridgehead atoms. The van der Waals surface area contributed by atoms with Crippen LogP contribution in [-0.4, -0.2) is 11.3 Å². The van der Waals surface area contributed by atoms with Crippen molar-refractivity contribution >= 4 is 79.0 Å². The maximum absolute atomic E-state index is 2.95. The fourth-order valence-corrected chi connectivity index (χ4v) is 19.9. The molecule has 0 amide bonds. The molecule has 0 radical (unpaired) electrons. The van der Waals surface area contributed by atoms with Crippen LogP contribution < -0.4 is 26.2 Å². The lowest BCUT2D eigenvalue weighted by molar-refractivity contribution is -0.00468. The summed E-state index contributed by atoms with van der Waals surface area (Å²) in [6.45, 7) is 28.5. The van der Waals surface area contributed by atoms with Crippen molar-refractivity contribution < 1.29 is 0 Å². The fraction of sp³-hybridized carbons (Fsp3) is 0.462. The molecule has 7 aromatic carbocycles. The summed E-state index contributed by atoms with van der Waals surface area (Å²) in [6, 6.07) is 55.3. The van der Waals surface area contributed by atoms with Crippen molar-refractivity contribution in [1.29, 1.82) is 0 Å². The summed E-state index contributed by atoms with van der Waals surface area (Å²) in [5.74, 6) is 5.09. The first-order chi connectivity index (χ1) is 39.0. The van der Waals surface area contributed by atoms with Gasteiger partial charge in [0.2, 0.25) is 0 Å². The molecular formula is C78H88BN3. The first-order valence-corrected chi connectivity index (χ1v) is 32.4. The zero-order valence-electron chi connectivity index (χ0n) is 51.6. The number of fused-ring (bicyclic) bond motifs is 7. The third-order valence-corrected chi connectivity index (χ3v) is 23.1. The van der Waals surface area contributed by atoms with Crippen LogP contribution in [0.5, 0.6) is 0 Å². The molecule has 8 fully saturated rings. The third kappa shape index (κ3) is 7.72. The van der Waals surface area contributed by atoms with Crippen LogP contribution in [0.4, 0.5) is 34.1 Å². The van der Waals surface area contributed by atoms with E-state index in [2.05, 4.69) is 231 Å². The van der Waals surface area contributed by atoms with Gasteiger partial charge in [0.25, 0.3) is 6.71 Å². The SMILES string of the molecule is CC(C)(C)c1ccc(N2c3ccc(C(C)(C)C)cc3B3c4cc(C(C)(C)C)ccc4N(c4ccc(C(C)(C)C)cc4)c4cc(-n5c6c(C78CC9CC(CC(C9)C7)C8)cccc6c6cccc(C78CC9CC(CC(C9)C7)C8)c65)cc2c43)cc1. The van der Waals surface area contributed by atoms with Gasteiger partial charge in [-0.1, -0.05) is 168 Å². The second-order valence-electron chi connectivity index (χ2n) is 32.8. The number of benzene rings is 7. The van der Waals surface area contributed by atoms with Crippen molar-refractivity contribution in [1.82, 2.24) is 4.57 Å². The maximum atomic E-state index is 2.95. The minimum absolute atomic E-state index is 0.00664. The highest BCUT2D eigenvalue weighted by Gasteiger charge is 2.55. The number of hydrogen-bond acceptors (Lipinski definition) is 2. The van der Waals surface area contributed by atoms with Gasteiger partial charge in [-0.2, -0.15) is 0 Å². The molecule has 2 aliphatic heterocycles. The standard InChI is InChI=1S/C78H88BN3/c1-73(2,3)53-19-25-57(26-20-53)80-66-29-23-55(75(7,8)9)37-64(66)79-65-38-56(76(10,11)12)24-30-67(65)81(58-27-21-54(22-28-58)74(4,5)6)69-40-59(39-68(80)70(69)79)82-71-60(15-13-17-62(71)77-41-47-31-48(42-77)33-49(32-47)43-77)61-16-14-18-63(72(61)82)78-44-50-34-51(45-78)36-52(35-50)46-78/h13-30,37-40,47-52H,31-36,41-46H2,1-12H3. The molecule has 8 aromatic rings. The molecule has 4 heteroatoms. The van der Waals surface area contributed by atoms with Crippen LogP contribution in [0.2, 0.25) is 0 Å². The van der Waals surface area contributed by atoms with E-state index in [4.69, 9.17) is 0 Å². The Morgan fingerprint density at radius 3 is 1.01 bits per heavy atom. The van der Waals surface area contributed by atoms with E-state index in [1.54, 1.807) is 11.1 Å². The molecule has 0 saturated heterocycles. The molecule has 3 heterocycles. The zero-order chi connectivity index (χ0) is 56.4. The molecule has 418 valence electrons. The summed E-state index contributed by atoms with van der Waals surface area (Å²) >= 11 is 0.